The molecule has 1 aliphatic rings. The Morgan fingerprint density at radius 1 is 1.34 bits per heavy atom. The highest BCUT2D eigenvalue weighted by molar-refractivity contribution is 6.32. The molecular formula is C23H23ClN6O2. The van der Waals surface area contributed by atoms with Crippen molar-refractivity contribution in [3.63, 3.8) is 0 Å². The first kappa shape index (κ1) is 21.7. The quantitative estimate of drug-likeness (QED) is 0.570. The average Bonchev–Trinajstić information content (AvgIpc) is 3.37. The van der Waals surface area contributed by atoms with Gasteiger partial charge in [0.15, 0.2) is 5.82 Å². The fourth-order valence-corrected chi connectivity index (χ4v) is 3.65. The molecule has 1 aromatic carbocycles. The lowest BCUT2D eigenvalue weighted by atomic mass is 10.1. The van der Waals surface area contributed by atoms with E-state index in [2.05, 4.69) is 37.7 Å². The highest BCUT2D eigenvalue weighted by Gasteiger charge is 2.27. The zero-order chi connectivity index (χ0) is 23.2. The van der Waals surface area contributed by atoms with Gasteiger partial charge in [-0.2, -0.15) is 10.4 Å². The number of hydrogen-bond acceptors (Lipinski definition) is 5. The van der Waals surface area contributed by atoms with Gasteiger partial charge in [0.2, 0.25) is 0 Å². The largest absolute Gasteiger partial charge is 0.443 e. The summed E-state index contributed by atoms with van der Waals surface area (Å²) >= 11 is 6.50. The van der Waals surface area contributed by atoms with Gasteiger partial charge in [0.25, 0.3) is 0 Å². The molecule has 1 saturated carbocycles. The third-order valence-electron chi connectivity index (χ3n) is 5.03. The minimum absolute atomic E-state index is 0.145. The van der Waals surface area contributed by atoms with E-state index in [4.69, 9.17) is 16.3 Å². The number of aromatic amines is 1. The number of imidazole rings is 1. The molecule has 2 heterocycles. The minimum atomic E-state index is -0.669. The van der Waals surface area contributed by atoms with Gasteiger partial charge in [-0.1, -0.05) is 17.5 Å². The van der Waals surface area contributed by atoms with Gasteiger partial charge in [0.1, 0.15) is 28.8 Å². The number of anilines is 1. The lowest BCUT2D eigenvalue weighted by molar-refractivity contribution is 0.0588. The maximum atomic E-state index is 12.3. The van der Waals surface area contributed by atoms with E-state index in [0.717, 1.165) is 29.7 Å². The van der Waals surface area contributed by atoms with Crippen LogP contribution in [0.3, 0.4) is 0 Å². The highest BCUT2D eigenvalue weighted by Crippen LogP contribution is 2.39. The van der Waals surface area contributed by atoms with Crippen LogP contribution in [-0.2, 0) is 4.74 Å². The maximum Gasteiger partial charge on any atom is 0.415 e. The molecule has 164 valence electrons. The molecule has 0 atom stereocenters. The SMILES string of the molecule is Cc1nc2cc(C#Cc3[nH]nc(N(C)C(=O)OC(C)(C)C)c3C#N)c(Cl)cc2n1C1CC1. The summed E-state index contributed by atoms with van der Waals surface area (Å²) in [7, 11) is 1.49. The molecule has 0 unspecified atom stereocenters. The normalized spacial score (nSPS) is 13.4. The Morgan fingerprint density at radius 2 is 2.06 bits per heavy atom. The third kappa shape index (κ3) is 4.15. The average molecular weight is 451 g/mol. The fourth-order valence-electron chi connectivity index (χ4n) is 3.44. The zero-order valence-electron chi connectivity index (χ0n) is 18.6. The third-order valence-corrected chi connectivity index (χ3v) is 5.35. The Morgan fingerprint density at radius 3 is 2.69 bits per heavy atom. The molecule has 3 aromatic rings. The Bertz CT molecular complexity index is 1320. The Balaban J connectivity index is 1.66. The summed E-state index contributed by atoms with van der Waals surface area (Å²) in [6.07, 6.45) is 1.69. The number of carbonyl (C=O) groups is 1. The summed E-state index contributed by atoms with van der Waals surface area (Å²) in [5.41, 5.74) is 2.20. The summed E-state index contributed by atoms with van der Waals surface area (Å²) in [5, 5.41) is 17.0. The van der Waals surface area contributed by atoms with Crippen LogP contribution in [-0.4, -0.2) is 38.5 Å². The van der Waals surface area contributed by atoms with Crippen LogP contribution in [0.1, 0.15) is 62.3 Å². The van der Waals surface area contributed by atoms with Crippen molar-refractivity contribution in [2.45, 2.75) is 52.2 Å². The monoisotopic (exact) mass is 450 g/mol. The molecule has 0 bridgehead atoms. The number of nitrogens with zero attached hydrogens (tertiary/aromatic N) is 5. The number of nitrogens with one attached hydrogen (secondary N) is 1. The van der Waals surface area contributed by atoms with Crippen LogP contribution in [0.4, 0.5) is 10.6 Å². The highest BCUT2D eigenvalue weighted by atomic mass is 35.5. The number of fused-ring (bicyclic) bond motifs is 1. The van der Waals surface area contributed by atoms with E-state index >= 15 is 0 Å². The molecule has 1 N–H and O–H groups in total. The Hall–Kier alpha value is -3.49. The van der Waals surface area contributed by atoms with E-state index in [9.17, 15) is 10.1 Å². The van der Waals surface area contributed by atoms with Crippen LogP contribution in [0.25, 0.3) is 11.0 Å². The second-order valence-corrected chi connectivity index (χ2v) is 9.19. The van der Waals surface area contributed by atoms with Gasteiger partial charge in [-0.05, 0) is 58.6 Å². The number of carbonyl (C=O) groups excluding carboxylic acids is 1. The summed E-state index contributed by atoms with van der Waals surface area (Å²) in [4.78, 5) is 18.2. The van der Waals surface area contributed by atoms with Gasteiger partial charge in [-0.15, -0.1) is 0 Å². The second kappa shape index (κ2) is 7.89. The van der Waals surface area contributed by atoms with E-state index in [1.807, 2.05) is 19.1 Å². The molecule has 32 heavy (non-hydrogen) atoms. The van der Waals surface area contributed by atoms with Crippen LogP contribution in [0.15, 0.2) is 12.1 Å². The van der Waals surface area contributed by atoms with Crippen molar-refractivity contribution < 1.29 is 9.53 Å². The topological polar surface area (TPSA) is 99.8 Å². The molecule has 1 fully saturated rings. The van der Waals surface area contributed by atoms with Crippen LogP contribution in [0.2, 0.25) is 5.02 Å². The molecule has 8 nitrogen and oxygen atoms in total. The molecule has 1 aliphatic carbocycles. The number of H-pyrrole nitrogens is 1. The van der Waals surface area contributed by atoms with Crippen LogP contribution >= 0.6 is 11.6 Å². The number of ether oxygens (including phenoxy) is 1. The van der Waals surface area contributed by atoms with Gasteiger partial charge in [-0.25, -0.2) is 9.78 Å². The maximum absolute atomic E-state index is 12.3. The zero-order valence-corrected chi connectivity index (χ0v) is 19.3. The fraction of sp³-hybridized carbons (Fsp3) is 0.391. The summed E-state index contributed by atoms with van der Waals surface area (Å²) in [6, 6.07) is 6.30. The molecule has 4 rings (SSSR count). The van der Waals surface area contributed by atoms with E-state index in [1.54, 1.807) is 20.8 Å². The molecular weight excluding hydrogens is 428 g/mol. The number of benzene rings is 1. The van der Waals surface area contributed by atoms with Gasteiger partial charge in [-0.3, -0.25) is 10.00 Å². The number of hydrogen-bond donors (Lipinski definition) is 1. The number of aromatic nitrogens is 4. The predicted octanol–water partition coefficient (Wildman–Crippen LogP) is 4.70. The molecule has 0 spiro atoms. The number of aryl methyl sites for hydroxylation is 1. The van der Waals surface area contributed by atoms with Crippen LogP contribution in [0.5, 0.6) is 0 Å². The van der Waals surface area contributed by atoms with Crippen molar-refractivity contribution in [1.29, 1.82) is 5.26 Å². The van der Waals surface area contributed by atoms with E-state index in [-0.39, 0.29) is 17.1 Å². The second-order valence-electron chi connectivity index (χ2n) is 8.78. The molecule has 0 saturated heterocycles. The van der Waals surface area contributed by atoms with Crippen molar-refractivity contribution in [2.24, 2.45) is 0 Å². The summed E-state index contributed by atoms with van der Waals surface area (Å²) < 4.78 is 7.56. The minimum Gasteiger partial charge on any atom is -0.443 e. The van der Waals surface area contributed by atoms with Crippen molar-refractivity contribution in [3.8, 4) is 17.9 Å². The lowest BCUT2D eigenvalue weighted by Gasteiger charge is -2.23. The van der Waals surface area contributed by atoms with Crippen LogP contribution in [0, 0.1) is 30.1 Å². The number of rotatable bonds is 2. The van der Waals surface area contributed by atoms with Crippen LogP contribution < -0.4 is 4.90 Å². The Labute approximate surface area is 191 Å². The molecule has 0 radical (unpaired) electrons. The summed E-state index contributed by atoms with van der Waals surface area (Å²) in [5.74, 6) is 7.02. The van der Waals surface area contributed by atoms with Gasteiger partial charge < -0.3 is 9.30 Å². The number of amides is 1. The van der Waals surface area contributed by atoms with Crippen molar-refractivity contribution in [1.82, 2.24) is 19.7 Å². The summed E-state index contributed by atoms with van der Waals surface area (Å²) in [6.45, 7) is 7.29. The molecule has 9 heteroatoms. The van der Waals surface area contributed by atoms with Gasteiger partial charge >= 0.3 is 6.09 Å². The first-order valence-corrected chi connectivity index (χ1v) is 10.6. The van der Waals surface area contributed by atoms with Crippen molar-refractivity contribution in [3.05, 3.63) is 39.8 Å². The molecule has 2 aromatic heterocycles. The predicted molar refractivity (Wildman–Crippen MR) is 122 cm³/mol. The van der Waals surface area contributed by atoms with Crippen molar-refractivity contribution in [2.75, 3.05) is 11.9 Å². The lowest BCUT2D eigenvalue weighted by Crippen LogP contribution is -2.34. The first-order chi connectivity index (χ1) is 15.1. The molecule has 1 amide bonds. The van der Waals surface area contributed by atoms with E-state index < -0.39 is 11.7 Å². The number of halogens is 1. The molecule has 0 aliphatic heterocycles. The standard InChI is InChI=1S/C23H23ClN6O2/c1-13-26-19-10-14(17(24)11-20(19)30(13)15-7-8-15)6-9-18-16(12-25)21(28-27-18)29(5)22(31)32-23(2,3)4/h10-11,15H,7-8H2,1-5H3,(H,27,28). The first-order valence-electron chi connectivity index (χ1n) is 10.2. The smallest absolute Gasteiger partial charge is 0.415 e. The van der Waals surface area contributed by atoms with E-state index in [0.29, 0.717) is 16.6 Å². The number of nitriles is 1. The van der Waals surface area contributed by atoms with E-state index in [1.165, 1.54) is 11.9 Å². The van der Waals surface area contributed by atoms with Gasteiger partial charge in [0.05, 0.1) is 16.1 Å². The van der Waals surface area contributed by atoms with Gasteiger partial charge in [0, 0.05) is 18.7 Å². The Kier molecular flexibility index (Phi) is 5.36. The van der Waals surface area contributed by atoms with Crippen molar-refractivity contribution >= 4 is 34.5 Å².